The molecule has 1 heterocycles. The third kappa shape index (κ3) is 4.15. The second-order valence-corrected chi connectivity index (χ2v) is 6.15. The van der Waals surface area contributed by atoms with Crippen molar-refractivity contribution in [2.45, 2.75) is 26.3 Å². The van der Waals surface area contributed by atoms with Crippen molar-refractivity contribution < 1.29 is 0 Å². The summed E-state index contributed by atoms with van der Waals surface area (Å²) in [6.45, 7) is 4.29. The molecule has 1 N–H and O–H groups in total. The van der Waals surface area contributed by atoms with E-state index in [2.05, 4.69) is 48.3 Å². The van der Waals surface area contributed by atoms with Crippen LogP contribution in [0.3, 0.4) is 0 Å². The van der Waals surface area contributed by atoms with Crippen LogP contribution in [0.15, 0.2) is 66.7 Å². The Balaban J connectivity index is 2.03. The molecule has 1 atom stereocenters. The van der Waals surface area contributed by atoms with E-state index in [0.29, 0.717) is 12.0 Å². The number of benzene rings is 2. The van der Waals surface area contributed by atoms with Gasteiger partial charge in [0.15, 0.2) is 0 Å². The molecule has 0 aliphatic heterocycles. The van der Waals surface area contributed by atoms with Crippen molar-refractivity contribution in [2.75, 3.05) is 17.3 Å². The second kappa shape index (κ2) is 7.79. The van der Waals surface area contributed by atoms with Gasteiger partial charge in [0.25, 0.3) is 0 Å². The molecule has 25 heavy (non-hydrogen) atoms. The van der Waals surface area contributed by atoms with Crippen LogP contribution in [0.5, 0.6) is 0 Å². The van der Waals surface area contributed by atoms with Crippen LogP contribution in [0.1, 0.15) is 20.3 Å². The highest BCUT2D eigenvalue weighted by Gasteiger charge is 2.12. The number of aromatic nitrogens is 2. The molecule has 0 saturated heterocycles. The molecule has 3 aromatic rings. The smallest absolute Gasteiger partial charge is 0.225 e. The van der Waals surface area contributed by atoms with Crippen molar-refractivity contribution in [1.82, 2.24) is 9.97 Å². The number of nitrogens with one attached hydrogen (secondary N) is 1. The van der Waals surface area contributed by atoms with E-state index in [0.717, 1.165) is 29.2 Å². The topological polar surface area (TPSA) is 41.1 Å². The van der Waals surface area contributed by atoms with Crippen molar-refractivity contribution in [3.05, 3.63) is 66.7 Å². The summed E-state index contributed by atoms with van der Waals surface area (Å²) in [6, 6.07) is 22.8. The van der Waals surface area contributed by atoms with Gasteiger partial charge < -0.3 is 10.2 Å². The summed E-state index contributed by atoms with van der Waals surface area (Å²) in [6.07, 6.45) is 1.02. The highest BCUT2D eigenvalue weighted by atomic mass is 15.2. The lowest BCUT2D eigenvalue weighted by molar-refractivity contribution is 0.753. The Hall–Kier alpha value is -2.88. The van der Waals surface area contributed by atoms with Crippen LogP contribution >= 0.6 is 0 Å². The van der Waals surface area contributed by atoms with E-state index in [1.165, 1.54) is 0 Å². The molecule has 4 heteroatoms. The quantitative estimate of drug-likeness (QED) is 0.680. The SMILES string of the molecule is CCC(C)Nc1nc(-c2ccccc2)cc(N(C)c2ccccc2)n1. The van der Waals surface area contributed by atoms with Crippen LogP contribution in [0.25, 0.3) is 11.3 Å². The van der Waals surface area contributed by atoms with Crippen molar-refractivity contribution in [3.63, 3.8) is 0 Å². The average Bonchev–Trinajstić information content (AvgIpc) is 2.68. The Morgan fingerprint density at radius 2 is 1.60 bits per heavy atom. The summed E-state index contributed by atoms with van der Waals surface area (Å²) >= 11 is 0. The fourth-order valence-corrected chi connectivity index (χ4v) is 2.53. The average molecular weight is 332 g/mol. The Morgan fingerprint density at radius 1 is 0.960 bits per heavy atom. The number of anilines is 3. The van der Waals surface area contributed by atoms with E-state index >= 15 is 0 Å². The van der Waals surface area contributed by atoms with Crippen molar-refractivity contribution in [1.29, 1.82) is 0 Å². The maximum Gasteiger partial charge on any atom is 0.225 e. The van der Waals surface area contributed by atoms with E-state index in [9.17, 15) is 0 Å². The maximum atomic E-state index is 4.73. The molecule has 1 aromatic heterocycles. The third-order valence-electron chi connectivity index (χ3n) is 4.26. The van der Waals surface area contributed by atoms with Crippen molar-refractivity contribution in [3.8, 4) is 11.3 Å². The van der Waals surface area contributed by atoms with Gasteiger partial charge in [-0.25, -0.2) is 4.98 Å². The van der Waals surface area contributed by atoms with E-state index in [1.54, 1.807) is 0 Å². The number of nitrogens with zero attached hydrogens (tertiary/aromatic N) is 3. The van der Waals surface area contributed by atoms with Gasteiger partial charge in [-0.3, -0.25) is 0 Å². The lowest BCUT2D eigenvalue weighted by Crippen LogP contribution is -2.18. The maximum absolute atomic E-state index is 4.73. The minimum atomic E-state index is 0.320. The summed E-state index contributed by atoms with van der Waals surface area (Å²) in [5.41, 5.74) is 3.09. The first kappa shape index (κ1) is 17.0. The molecule has 1 unspecified atom stereocenters. The molecule has 0 bridgehead atoms. The van der Waals surface area contributed by atoms with Gasteiger partial charge in [0.05, 0.1) is 5.69 Å². The Kier molecular flexibility index (Phi) is 5.29. The van der Waals surface area contributed by atoms with Gasteiger partial charge in [0, 0.05) is 30.4 Å². The standard InChI is InChI=1S/C21H24N4/c1-4-16(2)22-21-23-19(17-11-7-5-8-12-17)15-20(24-21)25(3)18-13-9-6-10-14-18/h5-16H,4H2,1-3H3,(H,22,23,24). The van der Waals surface area contributed by atoms with Gasteiger partial charge in [-0.15, -0.1) is 0 Å². The van der Waals surface area contributed by atoms with Gasteiger partial charge in [0.1, 0.15) is 5.82 Å². The molecular formula is C21H24N4. The molecule has 4 nitrogen and oxygen atoms in total. The minimum Gasteiger partial charge on any atom is -0.352 e. The summed E-state index contributed by atoms with van der Waals surface area (Å²) in [5.74, 6) is 1.53. The number of hydrogen-bond donors (Lipinski definition) is 1. The third-order valence-corrected chi connectivity index (χ3v) is 4.26. The van der Waals surface area contributed by atoms with Crippen molar-refractivity contribution >= 4 is 17.5 Å². The van der Waals surface area contributed by atoms with Gasteiger partial charge in [-0.05, 0) is 25.5 Å². The van der Waals surface area contributed by atoms with Gasteiger partial charge in [0.2, 0.25) is 5.95 Å². The normalized spacial score (nSPS) is 11.8. The Bertz CT molecular complexity index is 803. The molecule has 128 valence electrons. The van der Waals surface area contributed by atoms with Gasteiger partial charge in [-0.2, -0.15) is 4.98 Å². The van der Waals surface area contributed by atoms with E-state index < -0.39 is 0 Å². The Morgan fingerprint density at radius 3 is 2.24 bits per heavy atom. The molecule has 0 aliphatic rings. The highest BCUT2D eigenvalue weighted by molar-refractivity contribution is 5.68. The molecule has 0 aliphatic carbocycles. The monoisotopic (exact) mass is 332 g/mol. The van der Waals surface area contributed by atoms with Crippen LogP contribution in [0.2, 0.25) is 0 Å². The molecule has 0 saturated carbocycles. The Labute approximate surface area is 149 Å². The van der Waals surface area contributed by atoms with E-state index in [-0.39, 0.29) is 0 Å². The molecular weight excluding hydrogens is 308 g/mol. The van der Waals surface area contributed by atoms with Gasteiger partial charge in [-0.1, -0.05) is 55.5 Å². The predicted octanol–water partition coefficient (Wildman–Crippen LogP) is 5.12. The highest BCUT2D eigenvalue weighted by Crippen LogP contribution is 2.27. The molecule has 0 amide bonds. The fraction of sp³-hybridized carbons (Fsp3) is 0.238. The first-order chi connectivity index (χ1) is 12.2. The number of rotatable bonds is 6. The zero-order valence-electron chi connectivity index (χ0n) is 15.0. The second-order valence-electron chi connectivity index (χ2n) is 6.15. The molecule has 0 spiro atoms. The zero-order valence-corrected chi connectivity index (χ0v) is 15.0. The summed E-state index contributed by atoms with van der Waals surface area (Å²) in [7, 11) is 2.03. The first-order valence-corrected chi connectivity index (χ1v) is 8.67. The predicted molar refractivity (Wildman–Crippen MR) is 105 cm³/mol. The van der Waals surface area contributed by atoms with Crippen LogP contribution in [-0.4, -0.2) is 23.1 Å². The van der Waals surface area contributed by atoms with E-state index in [4.69, 9.17) is 9.97 Å². The van der Waals surface area contributed by atoms with Gasteiger partial charge >= 0.3 is 0 Å². The van der Waals surface area contributed by atoms with E-state index in [1.807, 2.05) is 49.5 Å². The molecule has 3 rings (SSSR count). The van der Waals surface area contributed by atoms with Crippen LogP contribution < -0.4 is 10.2 Å². The first-order valence-electron chi connectivity index (χ1n) is 8.67. The summed E-state index contributed by atoms with van der Waals surface area (Å²) < 4.78 is 0. The number of para-hydroxylation sites is 1. The lowest BCUT2D eigenvalue weighted by atomic mass is 10.1. The summed E-state index contributed by atoms with van der Waals surface area (Å²) in [4.78, 5) is 11.5. The zero-order chi connectivity index (χ0) is 17.6. The van der Waals surface area contributed by atoms with Crippen LogP contribution in [0, 0.1) is 0 Å². The largest absolute Gasteiger partial charge is 0.352 e. The molecule has 2 aromatic carbocycles. The van der Waals surface area contributed by atoms with Crippen LogP contribution in [0.4, 0.5) is 17.5 Å². The van der Waals surface area contributed by atoms with Crippen molar-refractivity contribution in [2.24, 2.45) is 0 Å². The lowest BCUT2D eigenvalue weighted by Gasteiger charge is -2.21. The molecule has 0 radical (unpaired) electrons. The minimum absolute atomic E-state index is 0.320. The fourth-order valence-electron chi connectivity index (χ4n) is 2.53. The van der Waals surface area contributed by atoms with Crippen LogP contribution in [-0.2, 0) is 0 Å². The molecule has 0 fully saturated rings. The number of hydrogen-bond acceptors (Lipinski definition) is 4. The summed E-state index contributed by atoms with van der Waals surface area (Å²) in [5, 5.41) is 3.40.